The molecule has 184 valence electrons. The highest BCUT2D eigenvalue weighted by Gasteiger charge is 2.25. The number of quaternary nitrogens is 1. The van der Waals surface area contributed by atoms with Gasteiger partial charge in [-0.25, -0.2) is 4.79 Å². The Morgan fingerprint density at radius 2 is 1.47 bits per heavy atom. The number of likely N-dealkylation sites (N-methyl/N-ethyl adjacent to an activating group) is 1. The van der Waals surface area contributed by atoms with Crippen LogP contribution in [0, 0.1) is 6.92 Å². The first kappa shape index (κ1) is 30.7. The van der Waals surface area contributed by atoms with E-state index in [9.17, 15) is 4.79 Å². The van der Waals surface area contributed by atoms with Crippen molar-refractivity contribution in [1.29, 1.82) is 0 Å². The third-order valence-corrected chi connectivity index (χ3v) is 6.50. The van der Waals surface area contributed by atoms with Gasteiger partial charge in [-0.1, -0.05) is 87.3 Å². The molecule has 0 atom stereocenters. The smallest absolute Gasteiger partial charge is 0.359 e. The number of benzene rings is 1. The van der Waals surface area contributed by atoms with E-state index >= 15 is 0 Å². The molecule has 3 nitrogen and oxygen atoms in total. The minimum atomic E-state index is -0.719. The van der Waals surface area contributed by atoms with Crippen molar-refractivity contribution in [3.63, 3.8) is 0 Å². The number of halogens is 1. The SMILES string of the molecule is CCCCCCCCCCCl.CC[N+](CC)(C/C=C(/C)Cc1ccc(C)cc1)CC(=O)O. The van der Waals surface area contributed by atoms with Gasteiger partial charge in [0.1, 0.15) is 0 Å². The number of rotatable bonds is 16. The molecule has 0 radical (unpaired) electrons. The van der Waals surface area contributed by atoms with Gasteiger partial charge < -0.3 is 9.59 Å². The lowest BCUT2D eigenvalue weighted by atomic mass is 10.0. The molecule has 32 heavy (non-hydrogen) atoms. The Labute approximate surface area is 203 Å². The predicted octanol–water partition coefficient (Wildman–Crippen LogP) is 7.79. The fourth-order valence-corrected chi connectivity index (χ4v) is 3.92. The quantitative estimate of drug-likeness (QED) is 0.117. The summed E-state index contributed by atoms with van der Waals surface area (Å²) in [6.45, 7) is 13.3. The van der Waals surface area contributed by atoms with Crippen LogP contribution >= 0.6 is 11.6 Å². The largest absolute Gasteiger partial charge is 0.477 e. The molecule has 0 aliphatic heterocycles. The van der Waals surface area contributed by atoms with Crippen molar-refractivity contribution in [1.82, 2.24) is 0 Å². The van der Waals surface area contributed by atoms with Gasteiger partial charge in [0.15, 0.2) is 6.54 Å². The van der Waals surface area contributed by atoms with E-state index in [1.807, 2.05) is 0 Å². The van der Waals surface area contributed by atoms with Crippen molar-refractivity contribution in [3.8, 4) is 0 Å². The molecule has 1 aromatic rings. The van der Waals surface area contributed by atoms with E-state index in [4.69, 9.17) is 16.7 Å². The van der Waals surface area contributed by atoms with Gasteiger partial charge in [0.05, 0.1) is 19.6 Å². The average molecular weight is 467 g/mol. The molecule has 0 aliphatic rings. The average Bonchev–Trinajstić information content (AvgIpc) is 2.78. The molecular weight excluding hydrogens is 418 g/mol. The maximum atomic E-state index is 11.1. The number of carbonyl (C=O) groups is 1. The Morgan fingerprint density at radius 3 is 1.94 bits per heavy atom. The molecular formula is C28H49ClNO2+. The van der Waals surface area contributed by atoms with Gasteiger partial charge in [-0.15, -0.1) is 11.6 Å². The number of aryl methyl sites for hydroxylation is 1. The van der Waals surface area contributed by atoms with Crippen molar-refractivity contribution in [2.45, 2.75) is 92.4 Å². The highest BCUT2D eigenvalue weighted by molar-refractivity contribution is 6.17. The van der Waals surface area contributed by atoms with Crippen molar-refractivity contribution in [2.24, 2.45) is 0 Å². The Bertz CT molecular complexity index is 613. The highest BCUT2D eigenvalue weighted by Crippen LogP contribution is 2.12. The first-order chi connectivity index (χ1) is 15.3. The van der Waals surface area contributed by atoms with E-state index in [-0.39, 0.29) is 6.54 Å². The molecule has 0 unspecified atom stereocenters. The summed E-state index contributed by atoms with van der Waals surface area (Å²) in [5.74, 6) is 0.123. The monoisotopic (exact) mass is 466 g/mol. The Kier molecular flexibility index (Phi) is 18.4. The summed E-state index contributed by atoms with van der Waals surface area (Å²) in [6.07, 6.45) is 14.1. The fraction of sp³-hybridized carbons (Fsp3) is 0.679. The van der Waals surface area contributed by atoms with Crippen molar-refractivity contribution in [2.75, 3.05) is 32.1 Å². The molecule has 1 N–H and O–H groups in total. The normalized spacial score (nSPS) is 11.8. The summed E-state index contributed by atoms with van der Waals surface area (Å²) < 4.78 is 0.612. The minimum Gasteiger partial charge on any atom is -0.477 e. The number of aliphatic carboxylic acids is 1. The summed E-state index contributed by atoms with van der Waals surface area (Å²) in [7, 11) is 0. The molecule has 0 fully saturated rings. The highest BCUT2D eigenvalue weighted by atomic mass is 35.5. The lowest BCUT2D eigenvalue weighted by Gasteiger charge is -2.34. The Morgan fingerprint density at radius 1 is 0.938 bits per heavy atom. The third-order valence-electron chi connectivity index (χ3n) is 6.23. The molecule has 1 aromatic carbocycles. The number of alkyl halides is 1. The Balaban J connectivity index is 0.000000739. The van der Waals surface area contributed by atoms with Crippen LogP contribution in [-0.2, 0) is 11.2 Å². The van der Waals surface area contributed by atoms with Gasteiger partial charge in [0, 0.05) is 5.88 Å². The van der Waals surface area contributed by atoms with Crippen LogP contribution in [-0.4, -0.2) is 47.6 Å². The van der Waals surface area contributed by atoms with E-state index in [0.717, 1.165) is 31.9 Å². The Hall–Kier alpha value is -1.32. The zero-order valence-electron chi connectivity index (χ0n) is 21.5. The van der Waals surface area contributed by atoms with E-state index in [1.165, 1.54) is 68.1 Å². The lowest BCUT2D eigenvalue weighted by molar-refractivity contribution is -0.912. The summed E-state index contributed by atoms with van der Waals surface area (Å²) >= 11 is 5.56. The molecule has 0 heterocycles. The molecule has 1 rings (SSSR count). The molecule has 0 aliphatic carbocycles. The number of carboxylic acid groups (broad SMARTS) is 1. The molecule has 0 saturated carbocycles. The number of hydrogen-bond acceptors (Lipinski definition) is 1. The van der Waals surface area contributed by atoms with E-state index in [0.29, 0.717) is 4.48 Å². The maximum Gasteiger partial charge on any atom is 0.359 e. The van der Waals surface area contributed by atoms with E-state index in [1.54, 1.807) is 0 Å². The molecule has 0 aromatic heterocycles. The second-order valence-electron chi connectivity index (χ2n) is 9.09. The van der Waals surface area contributed by atoms with Crippen LogP contribution in [0.4, 0.5) is 0 Å². The molecule has 0 saturated heterocycles. The van der Waals surface area contributed by atoms with Gasteiger partial charge in [0.2, 0.25) is 0 Å². The fourth-order valence-electron chi connectivity index (χ4n) is 3.73. The van der Waals surface area contributed by atoms with Gasteiger partial charge >= 0.3 is 5.97 Å². The minimum absolute atomic E-state index is 0.196. The molecule has 0 amide bonds. The molecule has 4 heteroatoms. The van der Waals surface area contributed by atoms with Crippen LogP contribution in [0.2, 0.25) is 0 Å². The maximum absolute atomic E-state index is 11.1. The predicted molar refractivity (Wildman–Crippen MR) is 141 cm³/mol. The summed E-state index contributed by atoms with van der Waals surface area (Å²) in [4.78, 5) is 11.1. The summed E-state index contributed by atoms with van der Waals surface area (Å²) in [6, 6.07) is 8.58. The van der Waals surface area contributed by atoms with Crippen LogP contribution < -0.4 is 0 Å². The summed E-state index contributed by atoms with van der Waals surface area (Å²) in [5, 5.41) is 9.10. The number of unbranched alkanes of at least 4 members (excludes halogenated alkanes) is 7. The molecule has 0 spiro atoms. The standard InChI is InChI=1S/C18H27NO2.C10H21Cl/c1-5-19(6-2,14-18(20)21)12-11-16(4)13-17-9-7-15(3)8-10-17;1-2-3-4-5-6-7-8-9-10-11/h7-11H,5-6,12-14H2,1-4H3;2-10H2,1H3/p+1/b16-11-;. The van der Waals surface area contributed by atoms with Crippen molar-refractivity contribution in [3.05, 3.63) is 47.0 Å². The van der Waals surface area contributed by atoms with Crippen LogP contribution in [0.1, 0.15) is 90.2 Å². The zero-order chi connectivity index (χ0) is 24.2. The number of hydrogen-bond donors (Lipinski definition) is 1. The lowest BCUT2D eigenvalue weighted by Crippen LogP contribution is -2.51. The first-order valence-electron chi connectivity index (χ1n) is 12.7. The third kappa shape index (κ3) is 15.5. The van der Waals surface area contributed by atoms with Crippen molar-refractivity contribution >= 4 is 17.6 Å². The topological polar surface area (TPSA) is 37.3 Å². The number of carboxylic acids is 1. The van der Waals surface area contributed by atoms with Gasteiger partial charge in [-0.05, 0) is 52.2 Å². The molecule has 0 bridgehead atoms. The van der Waals surface area contributed by atoms with Crippen LogP contribution in [0.15, 0.2) is 35.9 Å². The van der Waals surface area contributed by atoms with Crippen LogP contribution in [0.5, 0.6) is 0 Å². The first-order valence-corrected chi connectivity index (χ1v) is 13.2. The summed E-state index contributed by atoms with van der Waals surface area (Å²) in [5.41, 5.74) is 3.88. The van der Waals surface area contributed by atoms with Crippen LogP contribution in [0.3, 0.4) is 0 Å². The van der Waals surface area contributed by atoms with Gasteiger partial charge in [-0.3, -0.25) is 0 Å². The zero-order valence-corrected chi connectivity index (χ0v) is 22.2. The van der Waals surface area contributed by atoms with Crippen LogP contribution in [0.25, 0.3) is 0 Å². The van der Waals surface area contributed by atoms with Gasteiger partial charge in [0.25, 0.3) is 0 Å². The number of nitrogens with zero attached hydrogens (tertiary/aromatic N) is 1. The van der Waals surface area contributed by atoms with Gasteiger partial charge in [-0.2, -0.15) is 0 Å². The second-order valence-corrected chi connectivity index (χ2v) is 9.46. The van der Waals surface area contributed by atoms with E-state index < -0.39 is 5.97 Å². The number of allylic oxidation sites excluding steroid dienone is 1. The second kappa shape index (κ2) is 19.2. The van der Waals surface area contributed by atoms with E-state index in [2.05, 4.69) is 65.0 Å². The van der Waals surface area contributed by atoms with Crippen molar-refractivity contribution < 1.29 is 14.4 Å².